The average molecular weight is 296 g/mol. The molecule has 0 unspecified atom stereocenters. The van der Waals surface area contributed by atoms with Crippen LogP contribution >= 0.6 is 11.6 Å². The number of fused-ring (bicyclic) bond motifs is 1. The Labute approximate surface area is 123 Å². The minimum atomic E-state index is 0.355. The number of aryl methyl sites for hydroxylation is 2. The molecule has 0 aliphatic carbocycles. The van der Waals surface area contributed by atoms with E-state index in [1.54, 1.807) is 0 Å². The standard InChI is InChI=1S/C14H18ClN3O2/c1-8-7-10-12(9(11(8)15)5-4-6-16)18-14(20-3)13(17-10)19-2/h7H,4-6,16H2,1-3H3. The van der Waals surface area contributed by atoms with Crippen LogP contribution in [0.5, 0.6) is 11.8 Å². The third-order valence-corrected chi connectivity index (χ3v) is 3.65. The van der Waals surface area contributed by atoms with Crippen molar-refractivity contribution in [2.24, 2.45) is 5.73 Å². The number of hydrogen-bond acceptors (Lipinski definition) is 5. The van der Waals surface area contributed by atoms with Crippen molar-refractivity contribution in [3.8, 4) is 11.8 Å². The maximum atomic E-state index is 6.40. The molecule has 0 amide bonds. The molecular formula is C14H18ClN3O2. The zero-order valence-electron chi connectivity index (χ0n) is 11.9. The van der Waals surface area contributed by atoms with Gasteiger partial charge in [-0.2, -0.15) is 0 Å². The van der Waals surface area contributed by atoms with Crippen molar-refractivity contribution in [3.63, 3.8) is 0 Å². The second-order valence-electron chi connectivity index (χ2n) is 4.49. The second kappa shape index (κ2) is 6.24. The highest BCUT2D eigenvalue weighted by Gasteiger charge is 2.16. The number of rotatable bonds is 5. The minimum Gasteiger partial charge on any atom is -0.477 e. The predicted molar refractivity (Wildman–Crippen MR) is 79.8 cm³/mol. The fourth-order valence-corrected chi connectivity index (χ4v) is 2.36. The summed E-state index contributed by atoms with van der Waals surface area (Å²) < 4.78 is 10.4. The molecule has 20 heavy (non-hydrogen) atoms. The molecule has 0 saturated carbocycles. The first kappa shape index (κ1) is 14.8. The Kier molecular flexibility index (Phi) is 4.62. The van der Waals surface area contributed by atoms with Crippen LogP contribution in [0.15, 0.2) is 6.07 Å². The summed E-state index contributed by atoms with van der Waals surface area (Å²) >= 11 is 6.40. The minimum absolute atomic E-state index is 0.355. The number of nitrogens with two attached hydrogens (primary N) is 1. The Hall–Kier alpha value is -1.59. The molecule has 0 fully saturated rings. The van der Waals surface area contributed by atoms with E-state index in [0.29, 0.717) is 23.3 Å². The van der Waals surface area contributed by atoms with Gasteiger partial charge in [0, 0.05) is 5.02 Å². The number of halogens is 1. The Bertz CT molecular complexity index is 632. The van der Waals surface area contributed by atoms with Gasteiger partial charge in [-0.3, -0.25) is 0 Å². The van der Waals surface area contributed by atoms with Gasteiger partial charge in [-0.1, -0.05) is 11.6 Å². The first-order valence-electron chi connectivity index (χ1n) is 6.40. The van der Waals surface area contributed by atoms with Crippen LogP contribution in [0.25, 0.3) is 11.0 Å². The molecule has 2 rings (SSSR count). The molecule has 1 aromatic heterocycles. The normalized spacial score (nSPS) is 10.8. The fourth-order valence-electron chi connectivity index (χ4n) is 2.12. The fraction of sp³-hybridized carbons (Fsp3) is 0.429. The van der Waals surface area contributed by atoms with Gasteiger partial charge in [0.1, 0.15) is 0 Å². The van der Waals surface area contributed by atoms with E-state index >= 15 is 0 Å². The van der Waals surface area contributed by atoms with Gasteiger partial charge in [0.15, 0.2) is 0 Å². The van der Waals surface area contributed by atoms with Crippen LogP contribution in [0.3, 0.4) is 0 Å². The van der Waals surface area contributed by atoms with E-state index in [0.717, 1.165) is 35.0 Å². The zero-order chi connectivity index (χ0) is 14.7. The van der Waals surface area contributed by atoms with Gasteiger partial charge in [0.05, 0.1) is 25.3 Å². The highest BCUT2D eigenvalue weighted by atomic mass is 35.5. The van der Waals surface area contributed by atoms with Crippen LogP contribution in [0.4, 0.5) is 0 Å². The lowest BCUT2D eigenvalue weighted by atomic mass is 10.0. The molecule has 0 atom stereocenters. The van der Waals surface area contributed by atoms with Crippen LogP contribution in [0.1, 0.15) is 17.5 Å². The van der Waals surface area contributed by atoms with Gasteiger partial charge in [-0.15, -0.1) is 0 Å². The molecule has 6 heteroatoms. The number of methoxy groups -OCH3 is 2. The Morgan fingerprint density at radius 1 is 1.20 bits per heavy atom. The van der Waals surface area contributed by atoms with Crippen molar-refractivity contribution in [1.29, 1.82) is 0 Å². The highest BCUT2D eigenvalue weighted by Crippen LogP contribution is 2.32. The molecule has 108 valence electrons. The lowest BCUT2D eigenvalue weighted by Gasteiger charge is -2.13. The van der Waals surface area contributed by atoms with Crippen LogP contribution in [0, 0.1) is 6.92 Å². The summed E-state index contributed by atoms with van der Waals surface area (Å²) in [6.45, 7) is 2.55. The lowest BCUT2D eigenvalue weighted by Crippen LogP contribution is -2.04. The Morgan fingerprint density at radius 2 is 1.85 bits per heavy atom. The summed E-state index contributed by atoms with van der Waals surface area (Å²) in [6, 6.07) is 1.90. The molecule has 5 nitrogen and oxygen atoms in total. The molecule has 0 aliphatic rings. The topological polar surface area (TPSA) is 70.3 Å². The lowest BCUT2D eigenvalue weighted by molar-refractivity contribution is 0.334. The van der Waals surface area contributed by atoms with Crippen molar-refractivity contribution < 1.29 is 9.47 Å². The summed E-state index contributed by atoms with van der Waals surface area (Å²) in [6.07, 6.45) is 1.60. The van der Waals surface area contributed by atoms with Crippen molar-refractivity contribution in [3.05, 3.63) is 22.2 Å². The molecule has 0 radical (unpaired) electrons. The number of ether oxygens (including phenoxy) is 2. The maximum Gasteiger partial charge on any atom is 0.278 e. The van der Waals surface area contributed by atoms with Crippen LogP contribution in [-0.4, -0.2) is 30.7 Å². The van der Waals surface area contributed by atoms with E-state index < -0.39 is 0 Å². The third kappa shape index (κ3) is 2.64. The van der Waals surface area contributed by atoms with Gasteiger partial charge >= 0.3 is 0 Å². The first-order chi connectivity index (χ1) is 9.62. The summed E-state index contributed by atoms with van der Waals surface area (Å²) in [5, 5.41) is 0.715. The zero-order valence-corrected chi connectivity index (χ0v) is 12.6. The largest absolute Gasteiger partial charge is 0.477 e. The van der Waals surface area contributed by atoms with Gasteiger partial charge < -0.3 is 15.2 Å². The van der Waals surface area contributed by atoms with Gasteiger partial charge in [0.2, 0.25) is 0 Å². The molecule has 0 bridgehead atoms. The first-order valence-corrected chi connectivity index (χ1v) is 6.78. The van der Waals surface area contributed by atoms with Crippen LogP contribution in [0.2, 0.25) is 5.02 Å². The molecule has 0 saturated heterocycles. The number of hydrogen-bond donors (Lipinski definition) is 1. The van der Waals surface area contributed by atoms with E-state index in [4.69, 9.17) is 26.8 Å². The Balaban J connectivity index is 2.70. The molecule has 0 spiro atoms. The number of nitrogens with zero attached hydrogens (tertiary/aromatic N) is 2. The van der Waals surface area contributed by atoms with Gasteiger partial charge in [-0.25, -0.2) is 9.97 Å². The molecular weight excluding hydrogens is 278 g/mol. The van der Waals surface area contributed by atoms with Crippen molar-refractivity contribution in [2.45, 2.75) is 19.8 Å². The van der Waals surface area contributed by atoms with E-state index in [9.17, 15) is 0 Å². The average Bonchev–Trinajstić information content (AvgIpc) is 2.46. The molecule has 1 aromatic carbocycles. The van der Waals surface area contributed by atoms with Crippen LogP contribution in [-0.2, 0) is 6.42 Å². The molecule has 2 N–H and O–H groups in total. The molecule has 1 heterocycles. The van der Waals surface area contributed by atoms with E-state index in [1.807, 2.05) is 13.0 Å². The summed E-state index contributed by atoms with van der Waals surface area (Å²) in [5.74, 6) is 0.723. The third-order valence-electron chi connectivity index (χ3n) is 3.13. The van der Waals surface area contributed by atoms with Crippen LogP contribution < -0.4 is 15.2 Å². The highest BCUT2D eigenvalue weighted by molar-refractivity contribution is 6.33. The molecule has 0 aliphatic heterocycles. The SMILES string of the molecule is COc1nc2cc(C)c(Cl)c(CCCN)c2nc1OC. The van der Waals surface area contributed by atoms with E-state index in [-0.39, 0.29) is 0 Å². The maximum absolute atomic E-state index is 6.40. The van der Waals surface area contributed by atoms with E-state index in [2.05, 4.69) is 9.97 Å². The molecule has 2 aromatic rings. The van der Waals surface area contributed by atoms with E-state index in [1.165, 1.54) is 14.2 Å². The quantitative estimate of drug-likeness (QED) is 0.918. The second-order valence-corrected chi connectivity index (χ2v) is 4.87. The van der Waals surface area contributed by atoms with Gasteiger partial charge in [-0.05, 0) is 43.5 Å². The summed E-state index contributed by atoms with van der Waals surface area (Å²) in [7, 11) is 3.07. The monoisotopic (exact) mass is 295 g/mol. The van der Waals surface area contributed by atoms with Crippen molar-refractivity contribution in [2.75, 3.05) is 20.8 Å². The summed E-state index contributed by atoms with van der Waals surface area (Å²) in [4.78, 5) is 8.92. The Morgan fingerprint density at radius 3 is 2.45 bits per heavy atom. The summed E-state index contributed by atoms with van der Waals surface area (Å²) in [5.41, 5.74) is 9.00. The predicted octanol–water partition coefficient (Wildman–Crippen LogP) is 2.50. The number of benzene rings is 1. The smallest absolute Gasteiger partial charge is 0.278 e. The van der Waals surface area contributed by atoms with Gasteiger partial charge in [0.25, 0.3) is 11.8 Å². The van der Waals surface area contributed by atoms with Crippen molar-refractivity contribution >= 4 is 22.6 Å². The number of aromatic nitrogens is 2. The van der Waals surface area contributed by atoms with Crippen molar-refractivity contribution in [1.82, 2.24) is 9.97 Å².